The average molecular weight is 518 g/mol. The number of aryl methyl sites for hydroxylation is 1. The second kappa shape index (κ2) is 16.1. The van der Waals surface area contributed by atoms with Gasteiger partial charge in [-0.2, -0.15) is 0 Å². The van der Waals surface area contributed by atoms with Gasteiger partial charge in [-0.15, -0.1) is 0 Å². The maximum absolute atomic E-state index is 12.1. The first kappa shape index (κ1) is 29.5. The molecule has 0 aliphatic carbocycles. The Labute approximate surface area is 230 Å². The molecule has 4 nitrogen and oxygen atoms in total. The van der Waals surface area contributed by atoms with Crippen molar-refractivity contribution in [1.29, 1.82) is 0 Å². The summed E-state index contributed by atoms with van der Waals surface area (Å²) in [6.45, 7) is 3.06. The first-order chi connectivity index (χ1) is 18.6. The quantitative estimate of drug-likeness (QED) is 0.168. The summed E-state index contributed by atoms with van der Waals surface area (Å²) in [5.74, 6) is 2.08. The van der Waals surface area contributed by atoms with E-state index in [2.05, 4.69) is 49.4 Å². The van der Waals surface area contributed by atoms with Gasteiger partial charge in [0.1, 0.15) is 11.5 Å². The molecule has 3 rings (SSSR count). The molecule has 0 unspecified atom stereocenters. The lowest BCUT2D eigenvalue weighted by Gasteiger charge is -2.16. The monoisotopic (exact) mass is 517 g/mol. The van der Waals surface area contributed by atoms with Crippen LogP contribution in [0.5, 0.6) is 11.5 Å². The molecule has 0 spiro atoms. The fourth-order valence-corrected chi connectivity index (χ4v) is 5.16. The zero-order chi connectivity index (χ0) is 27.2. The second-order valence-corrected chi connectivity index (χ2v) is 10.4. The summed E-state index contributed by atoms with van der Waals surface area (Å²) in [6, 6.07) is 19.3. The number of hydrogen-bond donors (Lipinski definition) is 0. The van der Waals surface area contributed by atoms with Crippen LogP contribution in [0.4, 0.5) is 0 Å². The van der Waals surface area contributed by atoms with Crippen LogP contribution in [-0.2, 0) is 11.2 Å². The van der Waals surface area contributed by atoms with Crippen LogP contribution in [-0.4, -0.2) is 38.6 Å². The summed E-state index contributed by atoms with van der Waals surface area (Å²) in [6.07, 6.45) is 13.7. The van der Waals surface area contributed by atoms with Gasteiger partial charge in [0.25, 0.3) is 0 Å². The first-order valence-corrected chi connectivity index (χ1v) is 14.6. The number of fused-ring (bicyclic) bond motifs is 1. The highest BCUT2D eigenvalue weighted by Crippen LogP contribution is 2.34. The third-order valence-corrected chi connectivity index (χ3v) is 7.58. The molecular weight excluding hydrogens is 470 g/mol. The number of methoxy groups -OCH3 is 2. The smallest absolute Gasteiger partial charge is 0.222 e. The fourth-order valence-electron chi connectivity index (χ4n) is 5.16. The number of rotatable bonds is 17. The molecule has 3 aromatic carbocycles. The Morgan fingerprint density at radius 1 is 0.737 bits per heavy atom. The van der Waals surface area contributed by atoms with Crippen molar-refractivity contribution < 1.29 is 14.3 Å². The van der Waals surface area contributed by atoms with Crippen molar-refractivity contribution in [2.24, 2.45) is 0 Å². The summed E-state index contributed by atoms with van der Waals surface area (Å²) in [4.78, 5) is 14.0. The Bertz CT molecular complexity index is 1120. The molecular formula is C34H47NO3. The van der Waals surface area contributed by atoms with Crippen LogP contribution in [0.2, 0.25) is 0 Å². The van der Waals surface area contributed by atoms with Crippen LogP contribution in [0.1, 0.15) is 83.1 Å². The van der Waals surface area contributed by atoms with Crippen LogP contribution >= 0.6 is 0 Å². The summed E-state index contributed by atoms with van der Waals surface area (Å²) in [5, 5.41) is 2.54. The lowest BCUT2D eigenvalue weighted by molar-refractivity contribution is -0.130. The number of carbonyl (C=O) groups excluding carboxylic acids is 1. The number of amides is 1. The Hall–Kier alpha value is -3.01. The van der Waals surface area contributed by atoms with Crippen LogP contribution in [0.3, 0.4) is 0 Å². The largest absolute Gasteiger partial charge is 0.497 e. The molecule has 0 aliphatic heterocycles. The van der Waals surface area contributed by atoms with Crippen molar-refractivity contribution in [3.8, 4) is 22.6 Å². The maximum Gasteiger partial charge on any atom is 0.222 e. The van der Waals surface area contributed by atoms with Crippen LogP contribution in [0.25, 0.3) is 21.9 Å². The van der Waals surface area contributed by atoms with Crippen molar-refractivity contribution in [3.05, 3.63) is 60.2 Å². The Morgan fingerprint density at radius 3 is 2.03 bits per heavy atom. The number of unbranched alkanes of at least 4 members (excludes halogenated alkanes) is 8. The van der Waals surface area contributed by atoms with Crippen LogP contribution < -0.4 is 9.47 Å². The molecule has 0 aliphatic rings. The molecule has 3 aromatic rings. The molecule has 0 heterocycles. The minimum absolute atomic E-state index is 0.305. The summed E-state index contributed by atoms with van der Waals surface area (Å²) >= 11 is 0. The Balaban J connectivity index is 1.47. The van der Waals surface area contributed by atoms with Crippen LogP contribution in [0, 0.1) is 0 Å². The molecule has 0 fully saturated rings. The highest BCUT2D eigenvalue weighted by molar-refractivity contribution is 5.92. The molecule has 1 amide bonds. The fraction of sp³-hybridized carbons (Fsp3) is 0.500. The number of ether oxygens (including phenoxy) is 2. The topological polar surface area (TPSA) is 38.8 Å². The van der Waals surface area contributed by atoms with Crippen molar-refractivity contribution in [1.82, 2.24) is 4.90 Å². The maximum atomic E-state index is 12.1. The third-order valence-electron chi connectivity index (χ3n) is 7.58. The van der Waals surface area contributed by atoms with E-state index < -0.39 is 0 Å². The Morgan fingerprint density at radius 2 is 1.37 bits per heavy atom. The van der Waals surface area contributed by atoms with E-state index in [0.717, 1.165) is 50.1 Å². The first-order valence-electron chi connectivity index (χ1n) is 14.6. The Kier molecular flexibility index (Phi) is 12.5. The van der Waals surface area contributed by atoms with Gasteiger partial charge in [-0.05, 0) is 77.4 Å². The van der Waals surface area contributed by atoms with E-state index in [9.17, 15) is 4.79 Å². The minimum atomic E-state index is 0.305. The van der Waals surface area contributed by atoms with Gasteiger partial charge in [0, 0.05) is 20.0 Å². The molecule has 38 heavy (non-hydrogen) atoms. The number of hydrogen-bond acceptors (Lipinski definition) is 3. The second-order valence-electron chi connectivity index (χ2n) is 10.4. The molecule has 0 N–H and O–H groups in total. The van der Waals surface area contributed by atoms with Gasteiger partial charge in [-0.1, -0.05) is 82.2 Å². The predicted octanol–water partition coefficient (Wildman–Crippen LogP) is 8.84. The molecule has 0 aromatic heterocycles. The SMILES string of the molecule is CCCCN(C)C(=O)CCCCCCCCCCc1c(-c2ccc(OC)cc2)ccc2cc(OC)ccc12. The molecule has 0 atom stereocenters. The van der Waals surface area contributed by atoms with Gasteiger partial charge >= 0.3 is 0 Å². The van der Waals surface area contributed by atoms with E-state index in [0.29, 0.717) is 12.3 Å². The van der Waals surface area contributed by atoms with E-state index in [4.69, 9.17) is 9.47 Å². The zero-order valence-corrected chi connectivity index (χ0v) is 24.1. The van der Waals surface area contributed by atoms with Gasteiger partial charge in [-0.3, -0.25) is 4.79 Å². The van der Waals surface area contributed by atoms with Gasteiger partial charge in [0.2, 0.25) is 5.91 Å². The number of benzene rings is 3. The predicted molar refractivity (Wildman–Crippen MR) is 160 cm³/mol. The van der Waals surface area contributed by atoms with Gasteiger partial charge in [0.05, 0.1) is 14.2 Å². The molecule has 0 saturated heterocycles. The molecule has 0 saturated carbocycles. The summed E-state index contributed by atoms with van der Waals surface area (Å²) < 4.78 is 10.8. The number of carbonyl (C=O) groups is 1. The van der Waals surface area contributed by atoms with Gasteiger partial charge < -0.3 is 14.4 Å². The van der Waals surface area contributed by atoms with E-state index in [1.807, 2.05) is 24.1 Å². The van der Waals surface area contributed by atoms with Gasteiger partial charge in [-0.25, -0.2) is 0 Å². The van der Waals surface area contributed by atoms with E-state index in [1.54, 1.807) is 14.2 Å². The molecule has 0 bridgehead atoms. The lowest BCUT2D eigenvalue weighted by atomic mass is 9.90. The lowest BCUT2D eigenvalue weighted by Crippen LogP contribution is -2.27. The van der Waals surface area contributed by atoms with E-state index in [-0.39, 0.29) is 0 Å². The van der Waals surface area contributed by atoms with E-state index >= 15 is 0 Å². The minimum Gasteiger partial charge on any atom is -0.497 e. The third kappa shape index (κ3) is 8.79. The highest BCUT2D eigenvalue weighted by atomic mass is 16.5. The summed E-state index contributed by atoms with van der Waals surface area (Å²) in [7, 11) is 5.37. The number of nitrogens with zero attached hydrogens (tertiary/aromatic N) is 1. The molecule has 0 radical (unpaired) electrons. The van der Waals surface area contributed by atoms with Crippen molar-refractivity contribution >= 4 is 16.7 Å². The van der Waals surface area contributed by atoms with Crippen molar-refractivity contribution in [3.63, 3.8) is 0 Å². The van der Waals surface area contributed by atoms with Gasteiger partial charge in [0.15, 0.2) is 0 Å². The highest BCUT2D eigenvalue weighted by Gasteiger charge is 2.11. The molecule has 206 valence electrons. The van der Waals surface area contributed by atoms with Crippen LogP contribution in [0.15, 0.2) is 54.6 Å². The summed E-state index contributed by atoms with van der Waals surface area (Å²) in [5.41, 5.74) is 3.96. The zero-order valence-electron chi connectivity index (χ0n) is 24.1. The van der Waals surface area contributed by atoms with Crippen molar-refractivity contribution in [2.75, 3.05) is 27.8 Å². The standard InChI is InChI=1S/C34H47NO3/c1-5-6-25-35(2)34(36)16-14-12-10-8-7-9-11-13-15-33-31(27-17-20-29(37-3)21-18-27)23-19-28-26-30(38-4)22-24-32(28)33/h17-24,26H,5-16,25H2,1-4H3. The average Bonchev–Trinajstić information content (AvgIpc) is 2.96. The van der Waals surface area contributed by atoms with E-state index in [1.165, 1.54) is 66.0 Å². The normalized spacial score (nSPS) is 11.1. The van der Waals surface area contributed by atoms with Crippen molar-refractivity contribution in [2.45, 2.75) is 84.0 Å². The molecule has 4 heteroatoms.